The molecule has 192 valence electrons. The first-order chi connectivity index (χ1) is 17.5. The maximum Gasteiger partial charge on any atom is 0.321 e. The number of carbonyl (C=O) groups excluding carboxylic acids is 2. The maximum absolute atomic E-state index is 13.2. The SMILES string of the molecule is CCOC(=O)[C@H]1C(=O)NC(N2CCN(c3cccc(OC)c3)CC2)=N[C@H]1c1ccc(OC)c(OC)c1. The number of ether oxygens (including phenoxy) is 4. The molecule has 0 bridgehead atoms. The van der Waals surface area contributed by atoms with Crippen LogP contribution in [-0.2, 0) is 14.3 Å². The molecule has 2 aliphatic heterocycles. The van der Waals surface area contributed by atoms with Crippen molar-refractivity contribution in [2.24, 2.45) is 10.9 Å². The second kappa shape index (κ2) is 11.2. The first-order valence-corrected chi connectivity index (χ1v) is 11.9. The van der Waals surface area contributed by atoms with E-state index < -0.39 is 23.8 Å². The second-order valence-electron chi connectivity index (χ2n) is 8.41. The Labute approximate surface area is 210 Å². The molecule has 1 fully saturated rings. The summed E-state index contributed by atoms with van der Waals surface area (Å²) in [4.78, 5) is 35.1. The van der Waals surface area contributed by atoms with Gasteiger partial charge in [-0.15, -0.1) is 0 Å². The van der Waals surface area contributed by atoms with Gasteiger partial charge in [0.05, 0.1) is 27.9 Å². The van der Waals surface area contributed by atoms with Crippen LogP contribution >= 0.6 is 0 Å². The van der Waals surface area contributed by atoms with E-state index in [2.05, 4.69) is 16.3 Å². The van der Waals surface area contributed by atoms with Gasteiger partial charge < -0.3 is 28.7 Å². The summed E-state index contributed by atoms with van der Waals surface area (Å²) in [5.41, 5.74) is 1.74. The minimum Gasteiger partial charge on any atom is -0.497 e. The van der Waals surface area contributed by atoms with Gasteiger partial charge in [0.15, 0.2) is 17.4 Å². The van der Waals surface area contributed by atoms with Gasteiger partial charge in [-0.2, -0.15) is 0 Å². The number of nitrogens with one attached hydrogen (secondary N) is 1. The molecule has 4 rings (SSSR count). The van der Waals surface area contributed by atoms with Crippen LogP contribution in [0, 0.1) is 5.92 Å². The van der Waals surface area contributed by atoms with Crippen LogP contribution in [0.1, 0.15) is 18.5 Å². The van der Waals surface area contributed by atoms with Gasteiger partial charge in [0.25, 0.3) is 0 Å². The van der Waals surface area contributed by atoms with E-state index in [1.165, 1.54) is 7.11 Å². The lowest BCUT2D eigenvalue weighted by molar-refractivity contribution is -0.153. The standard InChI is InChI=1S/C26H32N4O6/c1-5-36-25(32)22-23(17-9-10-20(34-3)21(15-17)35-4)27-26(28-24(22)31)30-13-11-29(12-14-30)18-7-6-8-19(16-18)33-2/h6-10,15-16,22-23H,5,11-14H2,1-4H3,(H,27,28,31)/t22-,23+/m1/s1. The number of guanidine groups is 1. The van der Waals surface area contributed by atoms with Crippen LogP contribution in [0.5, 0.6) is 17.2 Å². The molecular formula is C26H32N4O6. The average molecular weight is 497 g/mol. The lowest BCUT2D eigenvalue weighted by atomic mass is 9.91. The third kappa shape index (κ3) is 5.17. The van der Waals surface area contributed by atoms with Crippen LogP contribution in [0.2, 0.25) is 0 Å². The molecule has 1 N–H and O–H groups in total. The number of anilines is 1. The zero-order valence-corrected chi connectivity index (χ0v) is 21.0. The monoisotopic (exact) mass is 496 g/mol. The van der Waals surface area contributed by atoms with Gasteiger partial charge in [0.1, 0.15) is 11.8 Å². The van der Waals surface area contributed by atoms with E-state index >= 15 is 0 Å². The second-order valence-corrected chi connectivity index (χ2v) is 8.41. The van der Waals surface area contributed by atoms with Crippen molar-refractivity contribution in [3.63, 3.8) is 0 Å². The molecule has 2 aromatic rings. The van der Waals surface area contributed by atoms with Crippen molar-refractivity contribution in [1.29, 1.82) is 0 Å². The van der Waals surface area contributed by atoms with Crippen molar-refractivity contribution in [2.45, 2.75) is 13.0 Å². The van der Waals surface area contributed by atoms with Gasteiger partial charge in [0.2, 0.25) is 11.9 Å². The molecule has 0 spiro atoms. The molecule has 2 heterocycles. The van der Waals surface area contributed by atoms with Gasteiger partial charge >= 0.3 is 5.97 Å². The quantitative estimate of drug-likeness (QED) is 0.460. The predicted molar refractivity (Wildman–Crippen MR) is 135 cm³/mol. The largest absolute Gasteiger partial charge is 0.497 e. The summed E-state index contributed by atoms with van der Waals surface area (Å²) in [5, 5.41) is 2.84. The Morgan fingerprint density at radius 2 is 1.69 bits per heavy atom. The Balaban J connectivity index is 1.59. The summed E-state index contributed by atoms with van der Waals surface area (Å²) < 4.78 is 21.3. The number of methoxy groups -OCH3 is 3. The van der Waals surface area contributed by atoms with Crippen LogP contribution < -0.4 is 24.4 Å². The number of amides is 1. The Bertz CT molecular complexity index is 1130. The van der Waals surface area contributed by atoms with E-state index in [9.17, 15) is 9.59 Å². The smallest absolute Gasteiger partial charge is 0.321 e. The molecule has 2 aliphatic rings. The number of esters is 1. The highest BCUT2D eigenvalue weighted by molar-refractivity contribution is 6.08. The average Bonchev–Trinajstić information content (AvgIpc) is 2.92. The first-order valence-electron chi connectivity index (χ1n) is 11.9. The Hall–Kier alpha value is -3.95. The summed E-state index contributed by atoms with van der Waals surface area (Å²) in [7, 11) is 4.74. The minimum absolute atomic E-state index is 0.171. The molecule has 1 saturated heterocycles. The zero-order chi connectivity index (χ0) is 25.7. The fraction of sp³-hybridized carbons (Fsp3) is 0.423. The van der Waals surface area contributed by atoms with E-state index in [-0.39, 0.29) is 6.61 Å². The molecule has 2 atom stereocenters. The van der Waals surface area contributed by atoms with Crippen LogP contribution in [-0.4, -0.2) is 76.9 Å². The van der Waals surface area contributed by atoms with Crippen molar-refractivity contribution < 1.29 is 28.5 Å². The van der Waals surface area contributed by atoms with Crippen molar-refractivity contribution in [2.75, 3.05) is 59.0 Å². The van der Waals surface area contributed by atoms with Gasteiger partial charge in [-0.25, -0.2) is 4.99 Å². The molecule has 10 heteroatoms. The van der Waals surface area contributed by atoms with Crippen molar-refractivity contribution >= 4 is 23.5 Å². The Morgan fingerprint density at radius 3 is 2.36 bits per heavy atom. The van der Waals surface area contributed by atoms with Crippen LogP contribution in [0.3, 0.4) is 0 Å². The number of rotatable bonds is 7. The van der Waals surface area contributed by atoms with Crippen LogP contribution in [0.25, 0.3) is 0 Å². The lowest BCUT2D eigenvalue weighted by Gasteiger charge is -2.39. The highest BCUT2D eigenvalue weighted by Gasteiger charge is 2.42. The molecular weight excluding hydrogens is 464 g/mol. The Kier molecular flexibility index (Phi) is 7.82. The fourth-order valence-electron chi connectivity index (χ4n) is 4.49. The topological polar surface area (TPSA) is 102 Å². The van der Waals surface area contributed by atoms with Crippen LogP contribution in [0.4, 0.5) is 5.69 Å². The Morgan fingerprint density at radius 1 is 0.972 bits per heavy atom. The highest BCUT2D eigenvalue weighted by Crippen LogP contribution is 2.36. The number of nitrogens with zero attached hydrogens (tertiary/aromatic N) is 3. The summed E-state index contributed by atoms with van der Waals surface area (Å²) in [6.45, 7) is 4.66. The number of hydrogen-bond acceptors (Lipinski definition) is 9. The minimum atomic E-state index is -1.11. The fourth-order valence-corrected chi connectivity index (χ4v) is 4.49. The molecule has 0 saturated carbocycles. The van der Waals surface area contributed by atoms with Crippen molar-refractivity contribution in [3.05, 3.63) is 48.0 Å². The third-order valence-corrected chi connectivity index (χ3v) is 6.38. The third-order valence-electron chi connectivity index (χ3n) is 6.38. The molecule has 0 radical (unpaired) electrons. The molecule has 0 unspecified atom stereocenters. The number of piperazine rings is 1. The van der Waals surface area contributed by atoms with E-state index in [1.54, 1.807) is 39.3 Å². The van der Waals surface area contributed by atoms with Gasteiger partial charge in [-0.1, -0.05) is 12.1 Å². The van der Waals surface area contributed by atoms with Crippen molar-refractivity contribution in [3.8, 4) is 17.2 Å². The highest BCUT2D eigenvalue weighted by atomic mass is 16.5. The molecule has 0 aromatic heterocycles. The molecule has 0 aliphatic carbocycles. The van der Waals surface area contributed by atoms with E-state index in [1.807, 2.05) is 23.1 Å². The van der Waals surface area contributed by atoms with Gasteiger partial charge in [-0.3, -0.25) is 14.9 Å². The lowest BCUT2D eigenvalue weighted by Crippen LogP contribution is -2.57. The number of carbonyl (C=O) groups is 2. The number of aliphatic imine (C=N–C) groups is 1. The van der Waals surface area contributed by atoms with Gasteiger partial charge in [0, 0.05) is 37.9 Å². The first kappa shape index (κ1) is 25.2. The number of benzene rings is 2. The van der Waals surface area contributed by atoms with Crippen molar-refractivity contribution in [1.82, 2.24) is 10.2 Å². The number of hydrogen-bond donors (Lipinski definition) is 1. The molecule has 36 heavy (non-hydrogen) atoms. The predicted octanol–water partition coefficient (Wildman–Crippen LogP) is 2.24. The van der Waals surface area contributed by atoms with E-state index in [4.69, 9.17) is 23.9 Å². The van der Waals surface area contributed by atoms with E-state index in [0.29, 0.717) is 36.1 Å². The summed E-state index contributed by atoms with van der Waals surface area (Å²) in [5.74, 6) is 0.144. The van der Waals surface area contributed by atoms with Gasteiger partial charge in [-0.05, 0) is 36.8 Å². The molecule has 10 nitrogen and oxygen atoms in total. The van der Waals surface area contributed by atoms with E-state index in [0.717, 1.165) is 24.5 Å². The normalized spacial score (nSPS) is 19.8. The van der Waals surface area contributed by atoms with Crippen LogP contribution in [0.15, 0.2) is 47.5 Å². The summed E-state index contributed by atoms with van der Waals surface area (Å²) in [6, 6.07) is 12.5. The molecule has 1 amide bonds. The summed E-state index contributed by atoms with van der Waals surface area (Å²) >= 11 is 0. The molecule has 2 aromatic carbocycles. The zero-order valence-electron chi connectivity index (χ0n) is 21.0. The maximum atomic E-state index is 13.2. The summed E-state index contributed by atoms with van der Waals surface area (Å²) in [6.07, 6.45) is 0.